The molecule has 62 valence electrons. The fraction of sp³-hybridized carbons (Fsp3) is 0.875. The molecule has 3 heteroatoms. The van der Waals surface area contributed by atoms with Gasteiger partial charge in [0.15, 0.2) is 0 Å². The van der Waals surface area contributed by atoms with Gasteiger partial charge < -0.3 is 10.8 Å². The third kappa shape index (κ3) is 0.948. The monoisotopic (exact) mass is 155 g/mol. The van der Waals surface area contributed by atoms with Crippen molar-refractivity contribution in [2.45, 2.75) is 25.3 Å². The van der Waals surface area contributed by atoms with Gasteiger partial charge in [-0.2, -0.15) is 0 Å². The summed E-state index contributed by atoms with van der Waals surface area (Å²) >= 11 is 0. The maximum Gasteiger partial charge on any atom is 0.306 e. The normalized spacial score (nSPS) is 48.1. The van der Waals surface area contributed by atoms with Crippen molar-refractivity contribution >= 4 is 5.97 Å². The first-order chi connectivity index (χ1) is 5.18. The molecule has 0 aromatic rings. The highest BCUT2D eigenvalue weighted by molar-refractivity contribution is 5.71. The highest BCUT2D eigenvalue weighted by atomic mass is 16.4. The van der Waals surface area contributed by atoms with Crippen LogP contribution >= 0.6 is 0 Å². The second-order valence-electron chi connectivity index (χ2n) is 3.85. The van der Waals surface area contributed by atoms with Gasteiger partial charge in [-0.3, -0.25) is 4.79 Å². The van der Waals surface area contributed by atoms with Gasteiger partial charge >= 0.3 is 5.97 Å². The van der Waals surface area contributed by atoms with Crippen LogP contribution in [0.3, 0.4) is 0 Å². The van der Waals surface area contributed by atoms with E-state index in [4.69, 9.17) is 10.8 Å². The van der Waals surface area contributed by atoms with E-state index >= 15 is 0 Å². The topological polar surface area (TPSA) is 63.3 Å². The van der Waals surface area contributed by atoms with E-state index in [1.807, 2.05) is 0 Å². The third-order valence-corrected chi connectivity index (χ3v) is 3.18. The molecule has 0 amide bonds. The Labute approximate surface area is 65.6 Å². The van der Waals surface area contributed by atoms with Gasteiger partial charge in [0.25, 0.3) is 0 Å². The van der Waals surface area contributed by atoms with E-state index in [2.05, 4.69) is 0 Å². The van der Waals surface area contributed by atoms with Crippen molar-refractivity contribution in [3.8, 4) is 0 Å². The van der Waals surface area contributed by atoms with Gasteiger partial charge in [0.1, 0.15) is 0 Å². The Morgan fingerprint density at radius 1 is 1.36 bits per heavy atom. The van der Waals surface area contributed by atoms with Crippen LogP contribution in [-0.4, -0.2) is 17.1 Å². The third-order valence-electron chi connectivity index (χ3n) is 3.18. The van der Waals surface area contributed by atoms with Crippen LogP contribution in [0.1, 0.15) is 19.3 Å². The summed E-state index contributed by atoms with van der Waals surface area (Å²) in [6.45, 7) is 0. The Bertz CT molecular complexity index is 193. The molecule has 4 atom stereocenters. The summed E-state index contributed by atoms with van der Waals surface area (Å²) in [5.74, 6) is 0.102. The predicted molar refractivity (Wildman–Crippen MR) is 39.9 cm³/mol. The summed E-state index contributed by atoms with van der Waals surface area (Å²) < 4.78 is 0. The van der Waals surface area contributed by atoms with Gasteiger partial charge in [0.2, 0.25) is 0 Å². The minimum absolute atomic E-state index is 0.135. The molecule has 0 aromatic carbocycles. The molecule has 0 aliphatic heterocycles. The molecule has 11 heavy (non-hydrogen) atoms. The highest BCUT2D eigenvalue weighted by Crippen LogP contribution is 2.47. The molecular formula is C8H13NO2. The van der Waals surface area contributed by atoms with Crippen molar-refractivity contribution in [3.63, 3.8) is 0 Å². The Morgan fingerprint density at radius 3 is 2.45 bits per heavy atom. The number of aliphatic carboxylic acids is 1. The van der Waals surface area contributed by atoms with Crippen LogP contribution in [0.25, 0.3) is 0 Å². The largest absolute Gasteiger partial charge is 0.481 e. The molecule has 0 unspecified atom stereocenters. The zero-order valence-corrected chi connectivity index (χ0v) is 6.36. The lowest BCUT2D eigenvalue weighted by atomic mass is 9.86. The number of carboxylic acids is 1. The molecule has 0 heterocycles. The molecule has 2 saturated carbocycles. The molecule has 0 radical (unpaired) electrons. The van der Waals surface area contributed by atoms with Crippen LogP contribution in [0.5, 0.6) is 0 Å². The summed E-state index contributed by atoms with van der Waals surface area (Å²) in [5.41, 5.74) is 5.78. The molecule has 3 N–H and O–H groups in total. The molecule has 0 saturated heterocycles. The first-order valence-corrected chi connectivity index (χ1v) is 4.17. The van der Waals surface area contributed by atoms with Crippen molar-refractivity contribution in [2.24, 2.45) is 23.5 Å². The Hall–Kier alpha value is -0.570. The van der Waals surface area contributed by atoms with Crippen LogP contribution in [0.2, 0.25) is 0 Å². The predicted octanol–water partition coefficient (Wildman–Crippen LogP) is 0.444. The number of fused-ring (bicyclic) bond motifs is 2. The van der Waals surface area contributed by atoms with Crippen LogP contribution in [0.4, 0.5) is 0 Å². The molecular weight excluding hydrogens is 142 g/mol. The lowest BCUT2D eigenvalue weighted by Gasteiger charge is -2.23. The second kappa shape index (κ2) is 2.21. The number of nitrogens with two attached hydrogens (primary N) is 1. The maximum atomic E-state index is 10.7. The molecule has 0 spiro atoms. The second-order valence-corrected chi connectivity index (χ2v) is 3.85. The summed E-state index contributed by atoms with van der Waals surface area (Å²) in [6, 6.07) is 0.162. The number of rotatable bonds is 1. The lowest BCUT2D eigenvalue weighted by Crippen LogP contribution is -2.35. The highest BCUT2D eigenvalue weighted by Gasteiger charge is 2.47. The first kappa shape index (κ1) is 7.10. The molecule has 0 aromatic heterocycles. The average molecular weight is 155 g/mol. The smallest absolute Gasteiger partial charge is 0.306 e. The number of carbonyl (C=O) groups is 1. The molecule has 2 fully saturated rings. The molecule has 2 aliphatic carbocycles. The van der Waals surface area contributed by atoms with E-state index in [0.29, 0.717) is 5.92 Å². The maximum absolute atomic E-state index is 10.7. The molecule has 3 nitrogen and oxygen atoms in total. The zero-order valence-electron chi connectivity index (χ0n) is 6.36. The number of hydrogen-bond donors (Lipinski definition) is 2. The average Bonchev–Trinajstić information content (AvgIpc) is 2.43. The zero-order chi connectivity index (χ0) is 8.01. The summed E-state index contributed by atoms with van der Waals surface area (Å²) in [5, 5.41) is 8.80. The van der Waals surface area contributed by atoms with E-state index in [1.165, 1.54) is 0 Å². The van der Waals surface area contributed by atoms with Crippen molar-refractivity contribution in [1.29, 1.82) is 0 Å². The minimum atomic E-state index is -0.646. The van der Waals surface area contributed by atoms with E-state index < -0.39 is 5.97 Å². The van der Waals surface area contributed by atoms with Gasteiger partial charge in [0.05, 0.1) is 5.92 Å². The van der Waals surface area contributed by atoms with Gasteiger partial charge in [-0.15, -0.1) is 0 Å². The quantitative estimate of drug-likeness (QED) is 0.577. The number of hydrogen-bond acceptors (Lipinski definition) is 2. The Morgan fingerprint density at radius 2 is 2.09 bits per heavy atom. The lowest BCUT2D eigenvalue weighted by molar-refractivity contribution is -0.143. The SMILES string of the molecule is N[C@@H]1C[C@H]2C[C@H]1[C@H](C(=O)O)C2. The minimum Gasteiger partial charge on any atom is -0.481 e. The number of carboxylic acid groups (broad SMARTS) is 1. The van der Waals surface area contributed by atoms with Crippen LogP contribution < -0.4 is 5.73 Å². The van der Waals surface area contributed by atoms with Crippen molar-refractivity contribution in [2.75, 3.05) is 0 Å². The van der Waals surface area contributed by atoms with Crippen molar-refractivity contribution in [1.82, 2.24) is 0 Å². The Balaban J connectivity index is 2.12. The molecule has 2 aliphatic rings. The van der Waals surface area contributed by atoms with Gasteiger partial charge in [-0.1, -0.05) is 0 Å². The van der Waals surface area contributed by atoms with Crippen LogP contribution in [0.15, 0.2) is 0 Å². The summed E-state index contributed by atoms with van der Waals surface area (Å²) in [4.78, 5) is 10.7. The van der Waals surface area contributed by atoms with Crippen LogP contribution in [0, 0.1) is 17.8 Å². The van der Waals surface area contributed by atoms with Gasteiger partial charge in [0, 0.05) is 6.04 Å². The van der Waals surface area contributed by atoms with E-state index in [1.54, 1.807) is 0 Å². The van der Waals surface area contributed by atoms with E-state index in [0.717, 1.165) is 19.3 Å². The Kier molecular flexibility index (Phi) is 1.42. The fourth-order valence-electron chi connectivity index (χ4n) is 2.69. The van der Waals surface area contributed by atoms with Crippen molar-refractivity contribution < 1.29 is 9.90 Å². The summed E-state index contributed by atoms with van der Waals surface area (Å²) in [6.07, 6.45) is 2.97. The van der Waals surface area contributed by atoms with E-state index in [-0.39, 0.29) is 17.9 Å². The molecule has 2 rings (SSSR count). The fourth-order valence-corrected chi connectivity index (χ4v) is 2.69. The molecule has 2 bridgehead atoms. The van der Waals surface area contributed by atoms with Gasteiger partial charge in [-0.25, -0.2) is 0 Å². The van der Waals surface area contributed by atoms with Crippen LogP contribution in [-0.2, 0) is 4.79 Å². The summed E-state index contributed by atoms with van der Waals surface area (Å²) in [7, 11) is 0. The van der Waals surface area contributed by atoms with E-state index in [9.17, 15) is 4.79 Å². The first-order valence-electron chi connectivity index (χ1n) is 4.17. The van der Waals surface area contributed by atoms with Crippen molar-refractivity contribution in [3.05, 3.63) is 0 Å². The van der Waals surface area contributed by atoms with Gasteiger partial charge in [-0.05, 0) is 31.1 Å². The standard InChI is InChI=1S/C8H13NO2/c9-7-3-4-1-5(7)6(2-4)8(10)11/h4-7H,1-3,9H2,(H,10,11)/t4-,5-,6+,7+/m0/s1.